The van der Waals surface area contributed by atoms with Crippen LogP contribution in [0.15, 0.2) is 24.3 Å². The molecule has 1 aromatic rings. The second-order valence-electron chi connectivity index (χ2n) is 12.6. The molecule has 2 aliphatic rings. The second-order valence-corrected chi connectivity index (χ2v) is 12.6. The third-order valence-corrected chi connectivity index (χ3v) is 8.50. The van der Waals surface area contributed by atoms with E-state index in [1.165, 1.54) is 14.2 Å². The van der Waals surface area contributed by atoms with Crippen LogP contribution >= 0.6 is 0 Å². The van der Waals surface area contributed by atoms with E-state index in [0.717, 1.165) is 0 Å². The zero-order valence-electron chi connectivity index (χ0n) is 28.9. The summed E-state index contributed by atoms with van der Waals surface area (Å²) in [5.41, 5.74) is -1.70. The molecule has 15 nitrogen and oxygen atoms in total. The Labute approximate surface area is 281 Å². The molecule has 0 saturated carbocycles. The molecular weight excluding hydrogens is 636 g/mol. The van der Waals surface area contributed by atoms with Crippen LogP contribution in [0.1, 0.15) is 47.1 Å². The van der Waals surface area contributed by atoms with Crippen molar-refractivity contribution in [2.45, 2.75) is 120 Å². The highest BCUT2D eigenvalue weighted by atomic mass is 16.6. The van der Waals surface area contributed by atoms with E-state index >= 15 is 0 Å². The van der Waals surface area contributed by atoms with Gasteiger partial charge in [-0.1, -0.05) is 12.1 Å². The minimum Gasteiger partial charge on any atom is -0.497 e. The molecule has 2 fully saturated rings. The van der Waals surface area contributed by atoms with Crippen LogP contribution in [0.5, 0.6) is 5.75 Å². The fourth-order valence-electron chi connectivity index (χ4n) is 5.93. The van der Waals surface area contributed by atoms with Crippen molar-refractivity contribution in [1.29, 1.82) is 0 Å². The first-order chi connectivity index (χ1) is 22.6. The normalized spacial score (nSPS) is 31.2. The Morgan fingerprint density at radius 1 is 0.708 bits per heavy atom. The maximum atomic E-state index is 13.4. The lowest BCUT2D eigenvalue weighted by molar-refractivity contribution is -0.283. The number of methoxy groups -OCH3 is 2. The average Bonchev–Trinajstić information content (AvgIpc) is 3.05. The number of esters is 2. The molecule has 0 aliphatic carbocycles. The van der Waals surface area contributed by atoms with Gasteiger partial charge in [0.05, 0.1) is 38.6 Å². The number of aliphatic hydroxyl groups is 4. The molecule has 0 radical (unpaired) electrons. The molecule has 4 unspecified atom stereocenters. The molecule has 0 aromatic heterocycles. The molecule has 0 amide bonds. The van der Waals surface area contributed by atoms with Crippen molar-refractivity contribution in [3.63, 3.8) is 0 Å². The summed E-state index contributed by atoms with van der Waals surface area (Å²) in [5.74, 6) is -0.980. The highest BCUT2D eigenvalue weighted by Crippen LogP contribution is 2.34. The van der Waals surface area contributed by atoms with Gasteiger partial charge in [-0.05, 0) is 59.2 Å². The number of carbonyl (C=O) groups is 2. The van der Waals surface area contributed by atoms with Gasteiger partial charge in [0, 0.05) is 13.2 Å². The third-order valence-electron chi connectivity index (χ3n) is 8.50. The van der Waals surface area contributed by atoms with E-state index in [2.05, 4.69) is 0 Å². The Kier molecular flexibility index (Phi) is 14.6. The van der Waals surface area contributed by atoms with Gasteiger partial charge in [0.2, 0.25) is 0 Å². The summed E-state index contributed by atoms with van der Waals surface area (Å²) in [7, 11) is 2.71. The van der Waals surface area contributed by atoms with E-state index in [1.54, 1.807) is 65.8 Å². The van der Waals surface area contributed by atoms with Crippen molar-refractivity contribution < 1.29 is 72.6 Å². The van der Waals surface area contributed by atoms with Crippen molar-refractivity contribution >= 4 is 11.9 Å². The Balaban J connectivity index is 1.72. The number of hydrogen-bond acceptors (Lipinski definition) is 15. The second kappa shape index (κ2) is 17.5. The van der Waals surface area contributed by atoms with Crippen molar-refractivity contribution in [3.05, 3.63) is 29.8 Å². The van der Waals surface area contributed by atoms with Crippen LogP contribution in [0.4, 0.5) is 0 Å². The molecule has 3 rings (SSSR count). The van der Waals surface area contributed by atoms with Gasteiger partial charge in [-0.3, -0.25) is 0 Å². The highest BCUT2D eigenvalue weighted by molar-refractivity contribution is 5.76. The molecule has 0 spiro atoms. The Morgan fingerprint density at radius 2 is 1.23 bits per heavy atom. The van der Waals surface area contributed by atoms with E-state index in [9.17, 15) is 30.0 Å². The van der Waals surface area contributed by atoms with Crippen LogP contribution in [0.3, 0.4) is 0 Å². The Morgan fingerprint density at radius 3 is 1.73 bits per heavy atom. The van der Waals surface area contributed by atoms with Crippen LogP contribution in [0, 0.1) is 0 Å². The number of hydrogen-bond donors (Lipinski definition) is 4. The molecule has 2 heterocycles. The molecular formula is C33H52O15. The summed E-state index contributed by atoms with van der Waals surface area (Å²) in [6.07, 6.45) is -13.6. The van der Waals surface area contributed by atoms with E-state index in [0.29, 0.717) is 17.9 Å². The van der Waals surface area contributed by atoms with Crippen LogP contribution in [-0.4, -0.2) is 145 Å². The van der Waals surface area contributed by atoms with E-state index < -0.39 is 84.2 Å². The van der Waals surface area contributed by atoms with Crippen molar-refractivity contribution in [2.75, 3.05) is 40.6 Å². The van der Waals surface area contributed by atoms with Crippen LogP contribution < -0.4 is 4.74 Å². The summed E-state index contributed by atoms with van der Waals surface area (Å²) >= 11 is 0. The SMILES string of the molecule is CCO[C@@H]1C(C(=O)OC)OC(C(C)(C)OCCO[C@@H]2C(C(=O)OCc3ccc(OC)cc3)OC(C(C)(C)OCC)[C@@H](O)[C@H]2O)[C@@H](O)[C@H]1O. The molecule has 2 saturated heterocycles. The quantitative estimate of drug-likeness (QED) is 0.136. The van der Waals surface area contributed by atoms with Gasteiger partial charge >= 0.3 is 11.9 Å². The standard InChI is InChI=1S/C33H52O15/c1-9-42-24-20(34)22(36)29(47-26(24)30(38)41-8)33(5,6)46-16-15-43-25-21(35)23(37)28(32(3,4)45-10-2)48-27(25)31(39)44-17-18-11-13-19(40-7)14-12-18/h11-14,20-29,34-37H,9-10,15-17H2,1-8H3/t20-,21-,22+,23+,24+,25+,26?,27?,28?,29?/m1/s1. The lowest BCUT2D eigenvalue weighted by Crippen LogP contribution is -2.66. The molecule has 274 valence electrons. The summed E-state index contributed by atoms with van der Waals surface area (Å²) in [4.78, 5) is 25.8. The van der Waals surface area contributed by atoms with Crippen molar-refractivity contribution in [2.24, 2.45) is 0 Å². The first-order valence-corrected chi connectivity index (χ1v) is 16.0. The van der Waals surface area contributed by atoms with E-state index in [4.69, 9.17) is 42.6 Å². The van der Waals surface area contributed by atoms with Gasteiger partial charge in [-0.15, -0.1) is 0 Å². The zero-order chi connectivity index (χ0) is 35.8. The Hall–Kier alpha value is -2.44. The fourth-order valence-corrected chi connectivity index (χ4v) is 5.93. The van der Waals surface area contributed by atoms with Gasteiger partial charge in [0.15, 0.2) is 12.2 Å². The van der Waals surface area contributed by atoms with Crippen LogP contribution in [0.2, 0.25) is 0 Å². The van der Waals surface area contributed by atoms with Crippen molar-refractivity contribution in [3.8, 4) is 5.75 Å². The smallest absolute Gasteiger partial charge is 0.338 e. The molecule has 4 N–H and O–H groups in total. The highest BCUT2D eigenvalue weighted by Gasteiger charge is 2.55. The van der Waals surface area contributed by atoms with E-state index in [-0.39, 0.29) is 26.4 Å². The minimum absolute atomic E-state index is 0.100. The number of rotatable bonds is 16. The molecule has 1 aromatic carbocycles. The first kappa shape index (κ1) is 40.0. The van der Waals surface area contributed by atoms with Crippen LogP contribution in [0.25, 0.3) is 0 Å². The third kappa shape index (κ3) is 9.41. The number of ether oxygens (including phenoxy) is 9. The van der Waals surface area contributed by atoms with Gasteiger partial charge in [-0.2, -0.15) is 0 Å². The maximum absolute atomic E-state index is 13.4. The summed E-state index contributed by atoms with van der Waals surface area (Å²) in [6, 6.07) is 6.91. The topological polar surface area (TPSA) is 198 Å². The van der Waals surface area contributed by atoms with Crippen molar-refractivity contribution in [1.82, 2.24) is 0 Å². The molecule has 10 atom stereocenters. The monoisotopic (exact) mass is 688 g/mol. The predicted molar refractivity (Wildman–Crippen MR) is 167 cm³/mol. The first-order valence-electron chi connectivity index (χ1n) is 16.0. The van der Waals surface area contributed by atoms with Crippen LogP contribution in [-0.2, 0) is 54.1 Å². The molecule has 48 heavy (non-hydrogen) atoms. The summed E-state index contributed by atoms with van der Waals surface area (Å²) < 4.78 is 50.5. The molecule has 2 aliphatic heterocycles. The number of carbonyl (C=O) groups excluding carboxylic acids is 2. The number of aliphatic hydroxyl groups excluding tert-OH is 4. The summed E-state index contributed by atoms with van der Waals surface area (Å²) in [5, 5.41) is 43.9. The van der Waals surface area contributed by atoms with Gasteiger partial charge < -0.3 is 63.1 Å². The Bertz CT molecular complexity index is 1160. The lowest BCUT2D eigenvalue weighted by atomic mass is 9.86. The number of benzene rings is 1. The van der Waals surface area contributed by atoms with Gasteiger partial charge in [0.1, 0.15) is 61.2 Å². The molecule has 15 heteroatoms. The van der Waals surface area contributed by atoms with E-state index in [1.807, 2.05) is 0 Å². The van der Waals surface area contributed by atoms with Gasteiger partial charge in [0.25, 0.3) is 0 Å². The average molecular weight is 689 g/mol. The predicted octanol–water partition coefficient (Wildman–Crippen LogP) is 0.290. The van der Waals surface area contributed by atoms with Gasteiger partial charge in [-0.25, -0.2) is 9.59 Å². The molecule has 0 bridgehead atoms. The fraction of sp³-hybridized carbons (Fsp3) is 0.758. The minimum atomic E-state index is -1.58. The zero-order valence-corrected chi connectivity index (χ0v) is 28.9. The summed E-state index contributed by atoms with van der Waals surface area (Å²) in [6.45, 7) is 9.94. The maximum Gasteiger partial charge on any atom is 0.338 e. The largest absolute Gasteiger partial charge is 0.497 e. The lowest BCUT2D eigenvalue weighted by Gasteiger charge is -2.47.